The largest absolute Gasteiger partial charge is 0.491 e. The Morgan fingerprint density at radius 3 is 2.40 bits per heavy atom. The maximum atomic E-state index is 12.2. The van der Waals surface area contributed by atoms with E-state index in [0.717, 1.165) is 11.3 Å². The first-order chi connectivity index (χ1) is 14.7. The third kappa shape index (κ3) is 6.01. The molecule has 1 unspecified atom stereocenters. The zero-order valence-electron chi connectivity index (χ0n) is 16.5. The summed E-state index contributed by atoms with van der Waals surface area (Å²) >= 11 is 0.217. The molecule has 0 saturated carbocycles. The number of nitrogens with zero attached hydrogens (tertiary/aromatic N) is 1. The molecule has 7 nitrogen and oxygen atoms in total. The standard InChI is InChI=1S/C22H24N2O5S/c25-20(23-11-12-28-13-14-29-18-9-5-2-6-10-18)16-24-19(21(30-27)22(24)26)15-17-7-3-1-4-8-17/h1-10,19H,11-16H2,(H,23,25). The lowest BCUT2D eigenvalue weighted by atomic mass is 9.94. The first-order valence-corrected chi connectivity index (χ1v) is 10.5. The Bertz CT molecular complexity index is 900. The topological polar surface area (TPSA) is 84.9 Å². The number of rotatable bonds is 11. The van der Waals surface area contributed by atoms with Gasteiger partial charge in [-0.2, -0.15) is 0 Å². The third-order valence-electron chi connectivity index (χ3n) is 4.63. The van der Waals surface area contributed by atoms with E-state index in [2.05, 4.69) is 5.32 Å². The summed E-state index contributed by atoms with van der Waals surface area (Å²) in [5, 5.41) is 2.74. The van der Waals surface area contributed by atoms with Crippen molar-refractivity contribution in [2.45, 2.75) is 12.5 Å². The number of carbonyl (C=O) groups excluding carboxylic acids is 2. The SMILES string of the molecule is O=S=C1C(=O)N(CC(=O)NCCOCCOc2ccccc2)C1Cc1ccccc1. The van der Waals surface area contributed by atoms with Crippen molar-refractivity contribution in [1.82, 2.24) is 10.2 Å². The molecule has 3 rings (SSSR count). The van der Waals surface area contributed by atoms with Gasteiger partial charge in [0.05, 0.1) is 19.3 Å². The highest BCUT2D eigenvalue weighted by atomic mass is 32.1. The minimum absolute atomic E-state index is 0.0719. The van der Waals surface area contributed by atoms with Gasteiger partial charge in [-0.1, -0.05) is 48.5 Å². The van der Waals surface area contributed by atoms with Crippen LogP contribution in [-0.4, -0.2) is 64.7 Å². The number of nitrogens with one attached hydrogen (secondary N) is 1. The van der Waals surface area contributed by atoms with E-state index in [-0.39, 0.29) is 40.5 Å². The van der Waals surface area contributed by atoms with Gasteiger partial charge in [-0.25, -0.2) is 4.21 Å². The molecular formula is C22H24N2O5S. The summed E-state index contributed by atoms with van der Waals surface area (Å²) < 4.78 is 22.2. The lowest BCUT2D eigenvalue weighted by Crippen LogP contribution is -2.64. The van der Waals surface area contributed by atoms with Gasteiger partial charge >= 0.3 is 0 Å². The molecule has 2 aromatic rings. The Balaban J connectivity index is 1.34. The molecular weight excluding hydrogens is 404 g/mol. The molecule has 0 spiro atoms. The lowest BCUT2D eigenvalue weighted by Gasteiger charge is -2.40. The maximum absolute atomic E-state index is 12.2. The number of hydrogen-bond acceptors (Lipinski definition) is 5. The van der Waals surface area contributed by atoms with E-state index in [9.17, 15) is 13.8 Å². The molecule has 1 fully saturated rings. The number of β-lactam (4-membered cyclic amide) rings is 1. The Morgan fingerprint density at radius 2 is 1.70 bits per heavy atom. The van der Waals surface area contributed by atoms with Crippen LogP contribution < -0.4 is 10.1 Å². The first kappa shape index (κ1) is 21.7. The number of para-hydroxylation sites is 1. The normalized spacial score (nSPS) is 15.5. The van der Waals surface area contributed by atoms with Crippen molar-refractivity contribution < 1.29 is 23.3 Å². The molecule has 30 heavy (non-hydrogen) atoms. The Kier molecular flexibility index (Phi) is 8.17. The van der Waals surface area contributed by atoms with Crippen LogP contribution in [0, 0.1) is 0 Å². The molecule has 8 heteroatoms. The summed E-state index contributed by atoms with van der Waals surface area (Å²) in [4.78, 5) is 26.0. The second-order valence-electron chi connectivity index (χ2n) is 6.71. The molecule has 1 heterocycles. The van der Waals surface area contributed by atoms with Crippen molar-refractivity contribution in [2.24, 2.45) is 0 Å². The maximum Gasteiger partial charge on any atom is 0.266 e. The number of likely N-dealkylation sites (tertiary alicyclic amines) is 1. The molecule has 2 amide bonds. The quantitative estimate of drug-likeness (QED) is 0.328. The van der Waals surface area contributed by atoms with Gasteiger partial charge < -0.3 is 19.7 Å². The number of benzene rings is 2. The van der Waals surface area contributed by atoms with Crippen molar-refractivity contribution in [3.05, 3.63) is 66.2 Å². The smallest absolute Gasteiger partial charge is 0.266 e. The van der Waals surface area contributed by atoms with Crippen LogP contribution in [-0.2, 0) is 32.0 Å². The predicted octanol–water partition coefficient (Wildman–Crippen LogP) is 1.04. The Morgan fingerprint density at radius 1 is 1.00 bits per heavy atom. The fourth-order valence-electron chi connectivity index (χ4n) is 3.12. The van der Waals surface area contributed by atoms with Gasteiger partial charge in [-0.3, -0.25) is 9.59 Å². The summed E-state index contributed by atoms with van der Waals surface area (Å²) in [7, 11) is 0. The fourth-order valence-corrected chi connectivity index (χ4v) is 3.64. The zero-order valence-corrected chi connectivity index (χ0v) is 17.3. The van der Waals surface area contributed by atoms with Crippen molar-refractivity contribution in [2.75, 3.05) is 32.9 Å². The van der Waals surface area contributed by atoms with E-state index in [1.807, 2.05) is 60.7 Å². The van der Waals surface area contributed by atoms with Crippen LogP contribution in [0.15, 0.2) is 60.7 Å². The number of amides is 2. The summed E-state index contributed by atoms with van der Waals surface area (Å²) in [6.07, 6.45) is 0.523. The van der Waals surface area contributed by atoms with Crippen LogP contribution in [0.1, 0.15) is 5.56 Å². The Labute approximate surface area is 179 Å². The van der Waals surface area contributed by atoms with Crippen LogP contribution in [0.5, 0.6) is 5.75 Å². The minimum atomic E-state index is -0.361. The van der Waals surface area contributed by atoms with Crippen molar-refractivity contribution in [3.63, 3.8) is 0 Å². The highest BCUT2D eigenvalue weighted by Crippen LogP contribution is 2.20. The fraction of sp³-hybridized carbons (Fsp3) is 0.318. The first-order valence-electron chi connectivity index (χ1n) is 9.73. The average molecular weight is 429 g/mol. The number of hydrogen-bond donors (Lipinski definition) is 1. The third-order valence-corrected chi connectivity index (χ3v) is 5.26. The second kappa shape index (κ2) is 11.3. The van der Waals surface area contributed by atoms with Gasteiger partial charge in [0.1, 0.15) is 35.0 Å². The van der Waals surface area contributed by atoms with Gasteiger partial charge in [-0.05, 0) is 24.1 Å². The van der Waals surface area contributed by atoms with Crippen molar-refractivity contribution in [3.8, 4) is 5.75 Å². The molecule has 1 atom stereocenters. The molecule has 1 aliphatic heterocycles. The van der Waals surface area contributed by atoms with Gasteiger partial charge in [0, 0.05) is 6.54 Å². The molecule has 2 aromatic carbocycles. The molecule has 1 aliphatic rings. The summed E-state index contributed by atoms with van der Waals surface area (Å²) in [6, 6.07) is 18.7. The van der Waals surface area contributed by atoms with Gasteiger partial charge in [-0.15, -0.1) is 0 Å². The van der Waals surface area contributed by atoms with E-state index in [1.54, 1.807) is 0 Å². The average Bonchev–Trinajstić information content (AvgIpc) is 2.78. The molecule has 1 N–H and O–H groups in total. The van der Waals surface area contributed by atoms with Gasteiger partial charge in [0.25, 0.3) is 5.91 Å². The van der Waals surface area contributed by atoms with E-state index < -0.39 is 0 Å². The highest BCUT2D eigenvalue weighted by Gasteiger charge is 2.44. The summed E-state index contributed by atoms with van der Waals surface area (Å²) in [5.41, 5.74) is 1.01. The lowest BCUT2D eigenvalue weighted by molar-refractivity contribution is -0.135. The minimum Gasteiger partial charge on any atom is -0.491 e. The van der Waals surface area contributed by atoms with Crippen LogP contribution in [0.2, 0.25) is 0 Å². The molecule has 158 valence electrons. The molecule has 1 saturated heterocycles. The zero-order chi connectivity index (χ0) is 21.2. The molecule has 0 aromatic heterocycles. The Hall–Kier alpha value is -2.97. The summed E-state index contributed by atoms with van der Waals surface area (Å²) in [5.74, 6) is 0.145. The van der Waals surface area contributed by atoms with Crippen LogP contribution in [0.3, 0.4) is 0 Å². The van der Waals surface area contributed by atoms with Crippen molar-refractivity contribution in [1.29, 1.82) is 0 Å². The van der Waals surface area contributed by atoms with Crippen molar-refractivity contribution >= 4 is 27.9 Å². The second-order valence-corrected chi connectivity index (χ2v) is 7.32. The van der Waals surface area contributed by atoms with E-state index in [1.165, 1.54) is 4.90 Å². The molecule has 0 aliphatic carbocycles. The molecule has 0 bridgehead atoms. The number of ether oxygens (including phenoxy) is 2. The predicted molar refractivity (Wildman–Crippen MR) is 115 cm³/mol. The van der Waals surface area contributed by atoms with Gasteiger partial charge in [0.15, 0.2) is 0 Å². The van der Waals surface area contributed by atoms with E-state index in [4.69, 9.17) is 9.47 Å². The summed E-state index contributed by atoms with van der Waals surface area (Å²) in [6.45, 7) is 1.44. The van der Waals surface area contributed by atoms with Gasteiger partial charge in [0.2, 0.25) is 5.91 Å². The van der Waals surface area contributed by atoms with Crippen LogP contribution in [0.25, 0.3) is 0 Å². The highest BCUT2D eigenvalue weighted by molar-refractivity contribution is 7.69. The number of carbonyl (C=O) groups is 2. The molecule has 0 radical (unpaired) electrons. The van der Waals surface area contributed by atoms with Crippen LogP contribution >= 0.6 is 0 Å². The monoisotopic (exact) mass is 428 g/mol. The van der Waals surface area contributed by atoms with E-state index >= 15 is 0 Å². The van der Waals surface area contributed by atoms with E-state index in [0.29, 0.717) is 32.8 Å². The van der Waals surface area contributed by atoms with Crippen LogP contribution in [0.4, 0.5) is 0 Å².